The number of nitrogens with zero attached hydrogens (tertiary/aromatic N) is 3. The van der Waals surface area contributed by atoms with Crippen LogP contribution >= 0.6 is 24.0 Å². The largest absolute Gasteiger partial charge is 0.481 e. The third kappa shape index (κ3) is 5.33. The van der Waals surface area contributed by atoms with Crippen molar-refractivity contribution >= 4 is 29.9 Å². The van der Waals surface area contributed by atoms with Crippen molar-refractivity contribution in [1.82, 2.24) is 15.2 Å². The van der Waals surface area contributed by atoms with Gasteiger partial charge in [0.15, 0.2) is 5.96 Å². The van der Waals surface area contributed by atoms with Crippen molar-refractivity contribution in [3.05, 3.63) is 23.9 Å². The highest BCUT2D eigenvalue weighted by Gasteiger charge is 2.18. The molecular weight excluding hydrogens is 379 g/mol. The molecular formula is C15H25IN4O. The summed E-state index contributed by atoms with van der Waals surface area (Å²) in [4.78, 5) is 10.9. The van der Waals surface area contributed by atoms with Gasteiger partial charge in [-0.15, -0.1) is 24.0 Å². The first-order valence-electron chi connectivity index (χ1n) is 7.17. The number of halogens is 1. The molecule has 2 rings (SSSR count). The molecule has 118 valence electrons. The van der Waals surface area contributed by atoms with Gasteiger partial charge in [0, 0.05) is 38.9 Å². The topological polar surface area (TPSA) is 49.8 Å². The zero-order valence-electron chi connectivity index (χ0n) is 13.0. The molecule has 0 aliphatic carbocycles. The van der Waals surface area contributed by atoms with Gasteiger partial charge in [0.25, 0.3) is 0 Å². The highest BCUT2D eigenvalue weighted by molar-refractivity contribution is 14.0. The quantitative estimate of drug-likeness (QED) is 0.478. The van der Waals surface area contributed by atoms with Crippen LogP contribution in [0.5, 0.6) is 5.88 Å². The van der Waals surface area contributed by atoms with Crippen molar-refractivity contribution in [2.45, 2.75) is 26.3 Å². The van der Waals surface area contributed by atoms with Crippen LogP contribution in [0.15, 0.2) is 23.3 Å². The van der Waals surface area contributed by atoms with Gasteiger partial charge in [-0.2, -0.15) is 0 Å². The fourth-order valence-electron chi connectivity index (χ4n) is 2.53. The van der Waals surface area contributed by atoms with Gasteiger partial charge in [-0.3, -0.25) is 4.99 Å². The second kappa shape index (κ2) is 9.07. The molecule has 1 aromatic heterocycles. The molecule has 1 N–H and O–H groups in total. The number of hydrogen-bond donors (Lipinski definition) is 1. The maximum atomic E-state index is 5.06. The number of likely N-dealkylation sites (tertiary alicyclic amines) is 1. The van der Waals surface area contributed by atoms with E-state index in [1.165, 1.54) is 12.8 Å². The van der Waals surface area contributed by atoms with E-state index < -0.39 is 0 Å². The molecule has 5 nitrogen and oxygen atoms in total. The van der Waals surface area contributed by atoms with Gasteiger partial charge in [-0.25, -0.2) is 4.98 Å². The SMILES string of the molecule is CN=C(NCc1ccc(OC)nc1)N1CCCC(C)C1.I. The molecule has 1 fully saturated rings. The van der Waals surface area contributed by atoms with E-state index in [1.54, 1.807) is 7.11 Å². The number of ether oxygens (including phenoxy) is 1. The smallest absolute Gasteiger partial charge is 0.212 e. The van der Waals surface area contributed by atoms with Crippen LogP contribution in [0.4, 0.5) is 0 Å². The molecule has 0 radical (unpaired) electrons. The van der Waals surface area contributed by atoms with Crippen molar-refractivity contribution in [3.8, 4) is 5.88 Å². The number of rotatable bonds is 3. The molecule has 0 bridgehead atoms. The molecule has 1 unspecified atom stereocenters. The molecule has 0 aromatic carbocycles. The first-order valence-corrected chi connectivity index (χ1v) is 7.17. The normalized spacial score (nSPS) is 18.9. The fraction of sp³-hybridized carbons (Fsp3) is 0.600. The van der Waals surface area contributed by atoms with Gasteiger partial charge >= 0.3 is 0 Å². The molecule has 0 amide bonds. The van der Waals surface area contributed by atoms with Crippen molar-refractivity contribution < 1.29 is 4.74 Å². The lowest BCUT2D eigenvalue weighted by molar-refractivity contribution is 0.266. The molecule has 2 heterocycles. The van der Waals surface area contributed by atoms with Crippen LogP contribution in [0.1, 0.15) is 25.3 Å². The minimum atomic E-state index is 0. The molecule has 21 heavy (non-hydrogen) atoms. The molecule has 1 saturated heterocycles. The highest BCUT2D eigenvalue weighted by Crippen LogP contribution is 2.15. The molecule has 0 spiro atoms. The van der Waals surface area contributed by atoms with Gasteiger partial charge in [0.1, 0.15) is 0 Å². The van der Waals surface area contributed by atoms with E-state index in [-0.39, 0.29) is 24.0 Å². The van der Waals surface area contributed by atoms with Crippen LogP contribution in [0, 0.1) is 5.92 Å². The van der Waals surface area contributed by atoms with Crippen LogP contribution < -0.4 is 10.1 Å². The van der Waals surface area contributed by atoms with Gasteiger partial charge < -0.3 is 15.0 Å². The first kappa shape index (κ1) is 18.0. The lowest BCUT2D eigenvalue weighted by Gasteiger charge is -2.33. The number of piperidine rings is 1. The van der Waals surface area contributed by atoms with Crippen LogP contribution in [0.25, 0.3) is 0 Å². The van der Waals surface area contributed by atoms with Crippen LogP contribution in [-0.4, -0.2) is 43.1 Å². The third-order valence-corrected chi connectivity index (χ3v) is 3.63. The fourth-order valence-corrected chi connectivity index (χ4v) is 2.53. The average Bonchev–Trinajstić information content (AvgIpc) is 2.48. The summed E-state index contributed by atoms with van der Waals surface area (Å²) < 4.78 is 5.06. The number of nitrogens with one attached hydrogen (secondary N) is 1. The summed E-state index contributed by atoms with van der Waals surface area (Å²) in [6.45, 7) is 5.20. The zero-order chi connectivity index (χ0) is 14.4. The predicted molar refractivity (Wildman–Crippen MR) is 96.4 cm³/mol. The zero-order valence-corrected chi connectivity index (χ0v) is 15.3. The second-order valence-corrected chi connectivity index (χ2v) is 5.30. The van der Waals surface area contributed by atoms with E-state index in [0.29, 0.717) is 5.88 Å². The van der Waals surface area contributed by atoms with Crippen molar-refractivity contribution in [2.24, 2.45) is 10.9 Å². The van der Waals surface area contributed by atoms with Crippen molar-refractivity contribution in [3.63, 3.8) is 0 Å². The monoisotopic (exact) mass is 404 g/mol. The Bertz CT molecular complexity index is 449. The molecule has 1 atom stereocenters. The maximum absolute atomic E-state index is 5.06. The predicted octanol–water partition coefficient (Wildman–Crippen LogP) is 2.52. The Morgan fingerprint density at radius 3 is 2.90 bits per heavy atom. The molecule has 1 aliphatic heterocycles. The van der Waals surface area contributed by atoms with E-state index in [1.807, 2.05) is 25.4 Å². The Hall–Kier alpha value is -1.05. The van der Waals surface area contributed by atoms with E-state index in [0.717, 1.165) is 37.1 Å². The maximum Gasteiger partial charge on any atom is 0.212 e. The van der Waals surface area contributed by atoms with Gasteiger partial charge in [-0.05, 0) is 24.3 Å². The Morgan fingerprint density at radius 1 is 1.52 bits per heavy atom. The standard InChI is InChI=1S/C15H24N4O.HI/c1-12-5-4-8-19(11-12)15(16-2)18-10-13-6-7-14(20-3)17-9-13;/h6-7,9,12H,4-5,8,10-11H2,1-3H3,(H,16,18);1H. The second-order valence-electron chi connectivity index (χ2n) is 5.30. The first-order chi connectivity index (χ1) is 9.72. The summed E-state index contributed by atoms with van der Waals surface area (Å²) in [5, 5.41) is 3.41. The lowest BCUT2D eigenvalue weighted by Crippen LogP contribution is -2.45. The Kier molecular flexibility index (Phi) is 7.77. The number of hydrogen-bond acceptors (Lipinski definition) is 3. The lowest BCUT2D eigenvalue weighted by atomic mass is 10.0. The van der Waals surface area contributed by atoms with Gasteiger partial charge in [0.2, 0.25) is 5.88 Å². The van der Waals surface area contributed by atoms with Crippen LogP contribution in [0.2, 0.25) is 0 Å². The van der Waals surface area contributed by atoms with Crippen molar-refractivity contribution in [2.75, 3.05) is 27.2 Å². The number of aromatic nitrogens is 1. The number of aliphatic imine (C=N–C) groups is 1. The Labute approximate surface area is 144 Å². The molecule has 6 heteroatoms. The van der Waals surface area contributed by atoms with E-state index in [2.05, 4.69) is 27.1 Å². The number of pyridine rings is 1. The molecule has 1 aliphatic rings. The summed E-state index contributed by atoms with van der Waals surface area (Å²) in [6.07, 6.45) is 4.39. The molecule has 1 aromatic rings. The van der Waals surface area contributed by atoms with Crippen molar-refractivity contribution in [1.29, 1.82) is 0 Å². The summed E-state index contributed by atoms with van der Waals surface area (Å²) in [5.74, 6) is 2.36. The number of methoxy groups -OCH3 is 1. The van der Waals surface area contributed by atoms with Gasteiger partial charge in [0.05, 0.1) is 7.11 Å². The van der Waals surface area contributed by atoms with E-state index in [9.17, 15) is 0 Å². The minimum Gasteiger partial charge on any atom is -0.481 e. The Balaban J connectivity index is 0.00000220. The molecule has 0 saturated carbocycles. The summed E-state index contributed by atoms with van der Waals surface area (Å²) in [5.41, 5.74) is 1.12. The Morgan fingerprint density at radius 2 is 2.33 bits per heavy atom. The van der Waals surface area contributed by atoms with Crippen LogP contribution in [0.3, 0.4) is 0 Å². The summed E-state index contributed by atoms with van der Waals surface area (Å²) >= 11 is 0. The summed E-state index contributed by atoms with van der Waals surface area (Å²) in [6, 6.07) is 3.90. The summed E-state index contributed by atoms with van der Waals surface area (Å²) in [7, 11) is 3.47. The van der Waals surface area contributed by atoms with Crippen LogP contribution in [-0.2, 0) is 6.54 Å². The van der Waals surface area contributed by atoms with E-state index in [4.69, 9.17) is 4.74 Å². The third-order valence-electron chi connectivity index (χ3n) is 3.63. The highest BCUT2D eigenvalue weighted by atomic mass is 127. The van der Waals surface area contributed by atoms with E-state index >= 15 is 0 Å². The number of guanidine groups is 1. The average molecular weight is 404 g/mol. The minimum absolute atomic E-state index is 0. The van der Waals surface area contributed by atoms with Gasteiger partial charge in [-0.1, -0.05) is 13.0 Å².